The molecule has 1 heterocycles. The van der Waals surface area contributed by atoms with Crippen molar-refractivity contribution in [3.05, 3.63) is 28.8 Å². The summed E-state index contributed by atoms with van der Waals surface area (Å²) in [5, 5.41) is 0. The third kappa shape index (κ3) is 1.21. The quantitative estimate of drug-likeness (QED) is 0.494. The molecule has 82 valence electrons. The van der Waals surface area contributed by atoms with E-state index in [0.717, 1.165) is 23.1 Å². The first-order chi connectivity index (χ1) is 7.66. The number of Topliss-reactive ketones (excluding diaryl/α,β-unsaturated/α-hetero) is 1. The Morgan fingerprint density at radius 1 is 1.31 bits per heavy atom. The molecule has 1 aromatic rings. The summed E-state index contributed by atoms with van der Waals surface area (Å²) < 4.78 is 5.19. The number of aryl methyl sites for hydroxylation is 1. The summed E-state index contributed by atoms with van der Waals surface area (Å²) in [6.07, 6.45) is 1.74. The van der Waals surface area contributed by atoms with Crippen LogP contribution < -0.4 is 4.74 Å². The molecule has 3 nitrogen and oxygen atoms in total. The van der Waals surface area contributed by atoms with Gasteiger partial charge in [-0.1, -0.05) is 6.07 Å². The summed E-state index contributed by atoms with van der Waals surface area (Å²) in [6, 6.07) is 3.66. The minimum absolute atomic E-state index is 0.179. The zero-order valence-corrected chi connectivity index (χ0v) is 9.08. The van der Waals surface area contributed by atoms with Crippen molar-refractivity contribution in [3.63, 3.8) is 0 Å². The van der Waals surface area contributed by atoms with E-state index in [0.29, 0.717) is 18.6 Å². The first-order valence-electron chi connectivity index (χ1n) is 5.54. The fourth-order valence-corrected chi connectivity index (χ4v) is 2.72. The van der Waals surface area contributed by atoms with Crippen LogP contribution in [0.2, 0.25) is 0 Å². The van der Waals surface area contributed by atoms with E-state index >= 15 is 0 Å². The van der Waals surface area contributed by atoms with Gasteiger partial charge in [0.05, 0.1) is 6.42 Å². The lowest BCUT2D eigenvalue weighted by Crippen LogP contribution is -2.26. The molecule has 0 aromatic heterocycles. The Balaban J connectivity index is 2.28. The van der Waals surface area contributed by atoms with Gasteiger partial charge in [0.25, 0.3) is 0 Å². The van der Waals surface area contributed by atoms with Crippen LogP contribution in [0.15, 0.2) is 12.1 Å². The highest BCUT2D eigenvalue weighted by Crippen LogP contribution is 2.44. The van der Waals surface area contributed by atoms with Crippen molar-refractivity contribution in [2.24, 2.45) is 0 Å². The third-order valence-electron chi connectivity index (χ3n) is 3.46. The first-order valence-corrected chi connectivity index (χ1v) is 5.54. The second-order valence-electron chi connectivity index (χ2n) is 4.51. The number of rotatable bonds is 0. The number of carbonyl (C=O) groups is 2. The van der Waals surface area contributed by atoms with Gasteiger partial charge in [0, 0.05) is 17.5 Å². The maximum Gasteiger partial charge on any atom is 0.311 e. The number of ketones is 1. The zero-order chi connectivity index (χ0) is 11.3. The summed E-state index contributed by atoms with van der Waals surface area (Å²) in [5.74, 6) is 0.781. The predicted molar refractivity (Wildman–Crippen MR) is 57.7 cm³/mol. The van der Waals surface area contributed by atoms with Gasteiger partial charge in [-0.05, 0) is 30.9 Å². The van der Waals surface area contributed by atoms with Gasteiger partial charge in [-0.2, -0.15) is 0 Å². The molecule has 0 bridgehead atoms. The van der Waals surface area contributed by atoms with Crippen LogP contribution in [-0.2, 0) is 4.79 Å². The Morgan fingerprint density at radius 3 is 2.94 bits per heavy atom. The molecular formula is C13H12O3. The van der Waals surface area contributed by atoms with Gasteiger partial charge < -0.3 is 4.74 Å². The molecule has 0 fully saturated rings. The van der Waals surface area contributed by atoms with Crippen molar-refractivity contribution in [2.45, 2.75) is 32.1 Å². The van der Waals surface area contributed by atoms with Gasteiger partial charge in [-0.25, -0.2) is 0 Å². The smallest absolute Gasteiger partial charge is 0.311 e. The van der Waals surface area contributed by atoms with E-state index in [1.165, 1.54) is 0 Å². The normalized spacial score (nSPS) is 22.7. The lowest BCUT2D eigenvalue weighted by atomic mass is 9.77. The van der Waals surface area contributed by atoms with Crippen LogP contribution in [0, 0.1) is 6.92 Å². The minimum atomic E-state index is -0.179. The van der Waals surface area contributed by atoms with Gasteiger partial charge in [-0.3, -0.25) is 9.59 Å². The van der Waals surface area contributed by atoms with Crippen molar-refractivity contribution in [2.75, 3.05) is 0 Å². The summed E-state index contributed by atoms with van der Waals surface area (Å²) in [5.41, 5.74) is 2.75. The fourth-order valence-electron chi connectivity index (χ4n) is 2.72. The molecule has 0 saturated carbocycles. The molecule has 1 atom stereocenters. The van der Waals surface area contributed by atoms with E-state index in [9.17, 15) is 9.59 Å². The van der Waals surface area contributed by atoms with Crippen molar-refractivity contribution in [1.29, 1.82) is 0 Å². The molecule has 2 aliphatic rings. The van der Waals surface area contributed by atoms with Crippen molar-refractivity contribution in [3.8, 4) is 5.75 Å². The molecule has 3 heteroatoms. The van der Waals surface area contributed by atoms with Gasteiger partial charge in [0.1, 0.15) is 5.75 Å². The van der Waals surface area contributed by atoms with Gasteiger partial charge in [0.15, 0.2) is 5.78 Å². The molecular weight excluding hydrogens is 204 g/mol. The molecule has 16 heavy (non-hydrogen) atoms. The molecule has 1 aliphatic carbocycles. The summed E-state index contributed by atoms with van der Waals surface area (Å²) in [7, 11) is 0. The van der Waals surface area contributed by atoms with Crippen molar-refractivity contribution < 1.29 is 14.3 Å². The van der Waals surface area contributed by atoms with E-state index in [2.05, 4.69) is 0 Å². The maximum atomic E-state index is 11.9. The van der Waals surface area contributed by atoms with E-state index in [1.54, 1.807) is 6.07 Å². The Labute approximate surface area is 93.4 Å². The van der Waals surface area contributed by atoms with Crippen LogP contribution in [-0.4, -0.2) is 11.8 Å². The molecule has 3 rings (SSSR count). The van der Waals surface area contributed by atoms with Gasteiger partial charge in [0.2, 0.25) is 0 Å². The first kappa shape index (κ1) is 9.58. The van der Waals surface area contributed by atoms with Gasteiger partial charge >= 0.3 is 5.97 Å². The number of benzene rings is 1. The van der Waals surface area contributed by atoms with Crippen LogP contribution in [0.1, 0.15) is 46.7 Å². The van der Waals surface area contributed by atoms with E-state index in [-0.39, 0.29) is 17.7 Å². The Bertz CT molecular complexity index is 502. The number of carbonyl (C=O) groups excluding carboxylic acids is 2. The standard InChI is InChI=1S/C13H12O3/c1-7-2-5-10-13-8(6-11(15)16-10)3-4-9(14)12(7)13/h2,5,8H,3-4,6H2,1H3. The maximum absolute atomic E-state index is 11.9. The minimum Gasteiger partial charge on any atom is -0.426 e. The average Bonchev–Trinajstić information content (AvgIpc) is 2.25. The number of ether oxygens (including phenoxy) is 1. The van der Waals surface area contributed by atoms with Crippen molar-refractivity contribution >= 4 is 11.8 Å². The monoisotopic (exact) mass is 216 g/mol. The highest BCUT2D eigenvalue weighted by Gasteiger charge is 2.35. The number of hydrogen-bond donors (Lipinski definition) is 0. The molecule has 1 aromatic carbocycles. The lowest BCUT2D eigenvalue weighted by Gasteiger charge is -2.30. The highest BCUT2D eigenvalue weighted by atomic mass is 16.5. The SMILES string of the molecule is Cc1ccc2c3c1C(=O)CCC3CC(=O)O2. The zero-order valence-electron chi connectivity index (χ0n) is 9.08. The predicted octanol–water partition coefficient (Wildman–Crippen LogP) is 2.36. The highest BCUT2D eigenvalue weighted by molar-refractivity contribution is 6.01. The third-order valence-corrected chi connectivity index (χ3v) is 3.46. The molecule has 1 unspecified atom stereocenters. The average molecular weight is 216 g/mol. The Kier molecular flexibility index (Phi) is 1.90. The van der Waals surface area contributed by atoms with E-state index in [1.807, 2.05) is 13.0 Å². The molecule has 0 spiro atoms. The van der Waals surface area contributed by atoms with Crippen LogP contribution in [0.5, 0.6) is 5.75 Å². The topological polar surface area (TPSA) is 43.4 Å². The second kappa shape index (κ2) is 3.17. The second-order valence-corrected chi connectivity index (χ2v) is 4.51. The molecule has 0 N–H and O–H groups in total. The Hall–Kier alpha value is -1.64. The van der Waals surface area contributed by atoms with Crippen LogP contribution in [0.3, 0.4) is 0 Å². The van der Waals surface area contributed by atoms with Crippen LogP contribution in [0.25, 0.3) is 0 Å². The van der Waals surface area contributed by atoms with Crippen LogP contribution in [0.4, 0.5) is 0 Å². The molecule has 0 saturated heterocycles. The molecule has 1 aliphatic heterocycles. The number of hydrogen-bond acceptors (Lipinski definition) is 3. The Morgan fingerprint density at radius 2 is 2.12 bits per heavy atom. The van der Waals surface area contributed by atoms with Crippen molar-refractivity contribution in [1.82, 2.24) is 0 Å². The van der Waals surface area contributed by atoms with Gasteiger partial charge in [-0.15, -0.1) is 0 Å². The largest absolute Gasteiger partial charge is 0.426 e. The summed E-state index contributed by atoms with van der Waals surface area (Å²) >= 11 is 0. The molecule has 0 amide bonds. The summed E-state index contributed by atoms with van der Waals surface area (Å²) in [4.78, 5) is 23.3. The fraction of sp³-hybridized carbons (Fsp3) is 0.385. The molecule has 0 radical (unpaired) electrons. The van der Waals surface area contributed by atoms with E-state index in [4.69, 9.17) is 4.74 Å². The van der Waals surface area contributed by atoms with Crippen LogP contribution >= 0.6 is 0 Å². The summed E-state index contributed by atoms with van der Waals surface area (Å²) in [6.45, 7) is 1.94. The number of esters is 1. The van der Waals surface area contributed by atoms with E-state index < -0.39 is 0 Å². The lowest BCUT2D eigenvalue weighted by molar-refractivity contribution is -0.136.